The van der Waals surface area contributed by atoms with Crippen LogP contribution in [0.3, 0.4) is 0 Å². The number of benzene rings is 1. The van der Waals surface area contributed by atoms with E-state index >= 15 is 0 Å². The Labute approximate surface area is 153 Å². The standard InChI is InChI=1S/C16H19Cl2N3O.ClH/c1-2-13(20-16(22)21-9-7-19-8-10-21)5-3-12-4-6-14(17)15(18)11-12;/h4,6,11,13,19H,2,7-10H2,1H3,(H,20,22);1H. The van der Waals surface area contributed by atoms with Crippen molar-refractivity contribution in [1.82, 2.24) is 15.5 Å². The highest BCUT2D eigenvalue weighted by Crippen LogP contribution is 2.22. The van der Waals surface area contributed by atoms with Crippen LogP contribution in [-0.4, -0.2) is 43.2 Å². The van der Waals surface area contributed by atoms with E-state index in [-0.39, 0.29) is 24.5 Å². The van der Waals surface area contributed by atoms with Crippen molar-refractivity contribution in [1.29, 1.82) is 0 Å². The highest BCUT2D eigenvalue weighted by atomic mass is 35.5. The fraction of sp³-hybridized carbons (Fsp3) is 0.438. The van der Waals surface area contributed by atoms with Gasteiger partial charge in [0, 0.05) is 31.7 Å². The molecule has 2 amide bonds. The van der Waals surface area contributed by atoms with Crippen molar-refractivity contribution in [3.63, 3.8) is 0 Å². The quantitative estimate of drug-likeness (QED) is 0.779. The van der Waals surface area contributed by atoms with Crippen LogP contribution in [0.25, 0.3) is 0 Å². The van der Waals surface area contributed by atoms with Crippen LogP contribution in [0, 0.1) is 11.8 Å². The second-order valence-corrected chi connectivity index (χ2v) is 5.86. The third kappa shape index (κ3) is 6.12. The van der Waals surface area contributed by atoms with Gasteiger partial charge in [0.25, 0.3) is 0 Å². The van der Waals surface area contributed by atoms with Crippen molar-refractivity contribution < 1.29 is 4.79 Å². The Morgan fingerprint density at radius 3 is 2.65 bits per heavy atom. The molecule has 0 aliphatic carbocycles. The lowest BCUT2D eigenvalue weighted by Gasteiger charge is -2.28. The Bertz CT molecular complexity index is 592. The highest BCUT2D eigenvalue weighted by Gasteiger charge is 2.17. The molecular formula is C16H20Cl3N3O. The molecule has 0 saturated carbocycles. The van der Waals surface area contributed by atoms with Gasteiger partial charge in [-0.05, 0) is 24.6 Å². The summed E-state index contributed by atoms with van der Waals surface area (Å²) in [6.45, 7) is 5.11. The van der Waals surface area contributed by atoms with E-state index in [0.29, 0.717) is 10.0 Å². The number of rotatable bonds is 2. The van der Waals surface area contributed by atoms with Crippen LogP contribution in [0.4, 0.5) is 4.79 Å². The first-order valence-corrected chi connectivity index (χ1v) is 8.08. The second-order valence-electron chi connectivity index (χ2n) is 5.05. The summed E-state index contributed by atoms with van der Waals surface area (Å²) in [5, 5.41) is 7.16. The maximum atomic E-state index is 12.2. The molecule has 7 heteroatoms. The predicted molar refractivity (Wildman–Crippen MR) is 97.6 cm³/mol. The average Bonchev–Trinajstić information content (AvgIpc) is 2.55. The molecule has 0 spiro atoms. The average molecular weight is 377 g/mol. The first kappa shape index (κ1) is 19.9. The van der Waals surface area contributed by atoms with E-state index in [2.05, 4.69) is 22.5 Å². The van der Waals surface area contributed by atoms with E-state index in [1.807, 2.05) is 13.0 Å². The molecule has 0 bridgehead atoms. The summed E-state index contributed by atoms with van der Waals surface area (Å²) in [6.07, 6.45) is 0.742. The Morgan fingerprint density at radius 1 is 1.35 bits per heavy atom. The van der Waals surface area contributed by atoms with E-state index in [0.717, 1.165) is 38.2 Å². The molecular weight excluding hydrogens is 357 g/mol. The zero-order valence-corrected chi connectivity index (χ0v) is 15.2. The van der Waals surface area contributed by atoms with E-state index in [1.54, 1.807) is 17.0 Å². The molecule has 1 unspecified atom stereocenters. The Hall–Kier alpha value is -1.12. The molecule has 1 aliphatic heterocycles. The number of amides is 2. The second kappa shape index (κ2) is 9.89. The fourth-order valence-electron chi connectivity index (χ4n) is 2.09. The Balaban J connectivity index is 0.00000264. The van der Waals surface area contributed by atoms with E-state index < -0.39 is 0 Å². The monoisotopic (exact) mass is 375 g/mol. The van der Waals surface area contributed by atoms with E-state index in [1.165, 1.54) is 0 Å². The summed E-state index contributed by atoms with van der Waals surface area (Å²) in [6, 6.07) is 5.01. The largest absolute Gasteiger partial charge is 0.324 e. The summed E-state index contributed by atoms with van der Waals surface area (Å²) in [5.41, 5.74) is 0.782. The van der Waals surface area contributed by atoms with Gasteiger partial charge in [-0.3, -0.25) is 0 Å². The number of carbonyl (C=O) groups is 1. The van der Waals surface area contributed by atoms with Gasteiger partial charge in [0.2, 0.25) is 0 Å². The molecule has 1 saturated heterocycles. The lowest BCUT2D eigenvalue weighted by molar-refractivity contribution is 0.188. The maximum absolute atomic E-state index is 12.2. The van der Waals surface area contributed by atoms with Gasteiger partial charge in [0.05, 0.1) is 16.1 Å². The van der Waals surface area contributed by atoms with Gasteiger partial charge in [-0.25, -0.2) is 4.79 Å². The molecule has 0 aromatic heterocycles. The van der Waals surface area contributed by atoms with Crippen molar-refractivity contribution in [2.75, 3.05) is 26.2 Å². The topological polar surface area (TPSA) is 44.4 Å². The molecule has 1 aromatic carbocycles. The molecule has 1 fully saturated rings. The summed E-state index contributed by atoms with van der Waals surface area (Å²) in [5.74, 6) is 6.11. The number of carbonyl (C=O) groups excluding carboxylic acids is 1. The van der Waals surface area contributed by atoms with Gasteiger partial charge in [0.15, 0.2) is 0 Å². The Morgan fingerprint density at radius 2 is 2.04 bits per heavy atom. The molecule has 2 rings (SSSR count). The van der Waals surface area contributed by atoms with Gasteiger partial charge in [0.1, 0.15) is 0 Å². The van der Waals surface area contributed by atoms with Crippen molar-refractivity contribution in [2.24, 2.45) is 0 Å². The summed E-state index contributed by atoms with van der Waals surface area (Å²) < 4.78 is 0. The number of hydrogen-bond donors (Lipinski definition) is 2. The summed E-state index contributed by atoms with van der Waals surface area (Å²) in [7, 11) is 0. The van der Waals surface area contributed by atoms with E-state index in [4.69, 9.17) is 23.2 Å². The first-order valence-electron chi connectivity index (χ1n) is 7.33. The van der Waals surface area contributed by atoms with Gasteiger partial charge in [-0.1, -0.05) is 42.0 Å². The van der Waals surface area contributed by atoms with Crippen LogP contribution in [0.5, 0.6) is 0 Å². The number of hydrogen-bond acceptors (Lipinski definition) is 2. The van der Waals surface area contributed by atoms with Gasteiger partial charge in [-0.15, -0.1) is 12.4 Å². The van der Waals surface area contributed by atoms with Gasteiger partial charge >= 0.3 is 6.03 Å². The molecule has 126 valence electrons. The predicted octanol–water partition coefficient (Wildman–Crippen LogP) is 3.16. The van der Waals surface area contributed by atoms with Crippen LogP contribution in [0.1, 0.15) is 18.9 Å². The highest BCUT2D eigenvalue weighted by molar-refractivity contribution is 6.42. The van der Waals surface area contributed by atoms with Crippen molar-refractivity contribution >= 4 is 41.6 Å². The normalized spacial score (nSPS) is 15.0. The summed E-state index contributed by atoms with van der Waals surface area (Å²) in [4.78, 5) is 14.0. The Kier molecular flexibility index (Phi) is 8.57. The van der Waals surface area contributed by atoms with Crippen LogP contribution >= 0.6 is 35.6 Å². The van der Waals surface area contributed by atoms with Crippen LogP contribution in [0.2, 0.25) is 10.0 Å². The lowest BCUT2D eigenvalue weighted by Crippen LogP contribution is -2.52. The van der Waals surface area contributed by atoms with Gasteiger partial charge < -0.3 is 15.5 Å². The number of piperazine rings is 1. The smallest absolute Gasteiger partial charge is 0.318 e. The molecule has 1 heterocycles. The molecule has 1 atom stereocenters. The minimum atomic E-state index is -0.183. The molecule has 1 aromatic rings. The SMILES string of the molecule is CCC(C#Cc1ccc(Cl)c(Cl)c1)NC(=O)N1CCNCC1.Cl. The van der Waals surface area contributed by atoms with Crippen molar-refractivity contribution in [3.05, 3.63) is 33.8 Å². The minimum absolute atomic E-state index is 0. The number of nitrogens with zero attached hydrogens (tertiary/aromatic N) is 1. The minimum Gasteiger partial charge on any atom is -0.324 e. The molecule has 1 aliphatic rings. The molecule has 4 nitrogen and oxygen atoms in total. The first-order chi connectivity index (χ1) is 10.6. The number of urea groups is 1. The molecule has 0 radical (unpaired) electrons. The third-order valence-electron chi connectivity index (χ3n) is 3.42. The van der Waals surface area contributed by atoms with Gasteiger partial charge in [-0.2, -0.15) is 0 Å². The number of halogens is 3. The van der Waals surface area contributed by atoms with E-state index in [9.17, 15) is 4.79 Å². The number of nitrogens with one attached hydrogen (secondary N) is 2. The van der Waals surface area contributed by atoms with Crippen LogP contribution < -0.4 is 10.6 Å². The van der Waals surface area contributed by atoms with Crippen molar-refractivity contribution in [2.45, 2.75) is 19.4 Å². The molecule has 23 heavy (non-hydrogen) atoms. The summed E-state index contributed by atoms with van der Waals surface area (Å²) >= 11 is 11.8. The zero-order chi connectivity index (χ0) is 15.9. The fourth-order valence-corrected chi connectivity index (χ4v) is 2.39. The van der Waals surface area contributed by atoms with Crippen molar-refractivity contribution in [3.8, 4) is 11.8 Å². The zero-order valence-electron chi connectivity index (χ0n) is 12.9. The van der Waals surface area contributed by atoms with Crippen LogP contribution in [0.15, 0.2) is 18.2 Å². The van der Waals surface area contributed by atoms with Crippen LogP contribution in [-0.2, 0) is 0 Å². The maximum Gasteiger partial charge on any atom is 0.318 e. The lowest BCUT2D eigenvalue weighted by atomic mass is 10.2. The molecule has 2 N–H and O–H groups in total. The third-order valence-corrected chi connectivity index (χ3v) is 4.16.